The Bertz CT molecular complexity index is 389. The Kier molecular flexibility index (Phi) is 6.36. The third-order valence-corrected chi connectivity index (χ3v) is 3.21. The molecule has 106 valence electrons. The van der Waals surface area contributed by atoms with Crippen molar-refractivity contribution in [2.45, 2.75) is 32.7 Å². The van der Waals surface area contributed by atoms with E-state index in [1.807, 2.05) is 7.05 Å². The van der Waals surface area contributed by atoms with Gasteiger partial charge in [0.15, 0.2) is 0 Å². The van der Waals surface area contributed by atoms with Crippen molar-refractivity contribution in [3.63, 3.8) is 0 Å². The molecular weight excluding hydrogens is 238 g/mol. The summed E-state index contributed by atoms with van der Waals surface area (Å²) >= 11 is 0. The molecule has 0 aliphatic carbocycles. The number of hydrogen-bond donors (Lipinski definition) is 2. The predicted molar refractivity (Wildman–Crippen MR) is 80.3 cm³/mol. The predicted octanol–water partition coefficient (Wildman–Crippen LogP) is 1.67. The molecule has 0 bridgehead atoms. The minimum Gasteiger partial charge on any atom is -0.375 e. The zero-order valence-corrected chi connectivity index (χ0v) is 12.1. The summed E-state index contributed by atoms with van der Waals surface area (Å²) in [5.74, 6) is -0.272. The van der Waals surface area contributed by atoms with Gasteiger partial charge in [-0.3, -0.25) is 4.79 Å². The SMILES string of the molecule is CCCNC(CCN(C)c1ccc(C)cc1)C(N)=O. The fraction of sp³-hybridized carbons (Fsp3) is 0.533. The molecule has 0 fully saturated rings. The first kappa shape index (κ1) is 15.5. The Morgan fingerprint density at radius 1 is 1.37 bits per heavy atom. The highest BCUT2D eigenvalue weighted by Gasteiger charge is 2.14. The van der Waals surface area contributed by atoms with Gasteiger partial charge >= 0.3 is 0 Å². The summed E-state index contributed by atoms with van der Waals surface area (Å²) in [7, 11) is 2.03. The van der Waals surface area contributed by atoms with Crippen LogP contribution in [0.1, 0.15) is 25.3 Å². The Morgan fingerprint density at radius 2 is 2.00 bits per heavy atom. The maximum Gasteiger partial charge on any atom is 0.234 e. The molecule has 0 aliphatic rings. The number of primary amides is 1. The fourth-order valence-electron chi connectivity index (χ4n) is 1.91. The van der Waals surface area contributed by atoms with E-state index in [9.17, 15) is 4.79 Å². The normalized spacial score (nSPS) is 12.2. The molecule has 4 heteroatoms. The second-order valence-electron chi connectivity index (χ2n) is 4.95. The summed E-state index contributed by atoms with van der Waals surface area (Å²) in [4.78, 5) is 13.5. The van der Waals surface area contributed by atoms with Crippen LogP contribution in [-0.2, 0) is 4.79 Å². The van der Waals surface area contributed by atoms with Crippen molar-refractivity contribution in [3.05, 3.63) is 29.8 Å². The number of aryl methyl sites for hydroxylation is 1. The van der Waals surface area contributed by atoms with E-state index in [1.54, 1.807) is 0 Å². The molecule has 1 aromatic carbocycles. The molecule has 1 aromatic rings. The first-order valence-electron chi connectivity index (χ1n) is 6.85. The number of carbonyl (C=O) groups is 1. The van der Waals surface area contributed by atoms with Gasteiger partial charge in [-0.2, -0.15) is 0 Å². The lowest BCUT2D eigenvalue weighted by atomic mass is 10.1. The molecule has 4 nitrogen and oxygen atoms in total. The van der Waals surface area contributed by atoms with Crippen molar-refractivity contribution in [1.82, 2.24) is 5.32 Å². The van der Waals surface area contributed by atoms with Gasteiger partial charge in [0, 0.05) is 19.3 Å². The molecule has 0 saturated heterocycles. The number of hydrogen-bond acceptors (Lipinski definition) is 3. The number of benzene rings is 1. The van der Waals surface area contributed by atoms with Gasteiger partial charge < -0.3 is 16.0 Å². The van der Waals surface area contributed by atoms with Crippen LogP contribution in [0.5, 0.6) is 0 Å². The van der Waals surface area contributed by atoms with E-state index in [-0.39, 0.29) is 11.9 Å². The van der Waals surface area contributed by atoms with Gasteiger partial charge in [-0.25, -0.2) is 0 Å². The van der Waals surface area contributed by atoms with Gasteiger partial charge in [0.2, 0.25) is 5.91 Å². The number of rotatable bonds is 8. The molecule has 1 rings (SSSR count). The average Bonchev–Trinajstić information content (AvgIpc) is 2.39. The molecule has 1 atom stereocenters. The van der Waals surface area contributed by atoms with Crippen LogP contribution >= 0.6 is 0 Å². The van der Waals surface area contributed by atoms with Crippen LogP contribution in [0.2, 0.25) is 0 Å². The molecule has 1 unspecified atom stereocenters. The molecular formula is C15H25N3O. The fourth-order valence-corrected chi connectivity index (χ4v) is 1.91. The molecule has 0 heterocycles. The second-order valence-corrected chi connectivity index (χ2v) is 4.95. The first-order valence-corrected chi connectivity index (χ1v) is 6.85. The lowest BCUT2D eigenvalue weighted by molar-refractivity contribution is -0.120. The lowest BCUT2D eigenvalue weighted by Crippen LogP contribution is -2.43. The van der Waals surface area contributed by atoms with Gasteiger partial charge in [0.05, 0.1) is 6.04 Å². The summed E-state index contributed by atoms with van der Waals surface area (Å²) in [6, 6.07) is 8.12. The van der Waals surface area contributed by atoms with Crippen LogP contribution in [0.3, 0.4) is 0 Å². The zero-order chi connectivity index (χ0) is 14.3. The molecule has 0 aromatic heterocycles. The third-order valence-electron chi connectivity index (χ3n) is 3.21. The number of anilines is 1. The highest BCUT2D eigenvalue weighted by molar-refractivity contribution is 5.79. The Morgan fingerprint density at radius 3 is 2.53 bits per heavy atom. The van der Waals surface area contributed by atoms with E-state index < -0.39 is 0 Å². The zero-order valence-electron chi connectivity index (χ0n) is 12.1. The van der Waals surface area contributed by atoms with Crippen LogP contribution < -0.4 is 16.0 Å². The van der Waals surface area contributed by atoms with Gasteiger partial charge in [-0.05, 0) is 38.4 Å². The summed E-state index contributed by atoms with van der Waals surface area (Å²) in [6.07, 6.45) is 1.72. The van der Waals surface area contributed by atoms with Gasteiger partial charge in [0.1, 0.15) is 0 Å². The number of carbonyl (C=O) groups excluding carboxylic acids is 1. The minimum atomic E-state index is -0.272. The molecule has 0 aliphatic heterocycles. The van der Waals surface area contributed by atoms with Gasteiger partial charge in [0.25, 0.3) is 0 Å². The Labute approximate surface area is 116 Å². The molecule has 0 radical (unpaired) electrons. The number of nitrogens with one attached hydrogen (secondary N) is 1. The van der Waals surface area contributed by atoms with Gasteiger partial charge in [-0.15, -0.1) is 0 Å². The van der Waals surface area contributed by atoms with Crippen molar-refractivity contribution in [1.29, 1.82) is 0 Å². The van der Waals surface area contributed by atoms with E-state index in [1.165, 1.54) is 5.56 Å². The number of nitrogens with zero attached hydrogens (tertiary/aromatic N) is 1. The van der Waals surface area contributed by atoms with Crippen LogP contribution in [0.25, 0.3) is 0 Å². The smallest absolute Gasteiger partial charge is 0.234 e. The van der Waals surface area contributed by atoms with Crippen molar-refractivity contribution < 1.29 is 4.79 Å². The largest absolute Gasteiger partial charge is 0.375 e. The van der Waals surface area contributed by atoms with Crippen molar-refractivity contribution in [3.8, 4) is 0 Å². The summed E-state index contributed by atoms with van der Waals surface area (Å²) < 4.78 is 0. The van der Waals surface area contributed by atoms with Crippen LogP contribution in [0.15, 0.2) is 24.3 Å². The van der Waals surface area contributed by atoms with Crippen molar-refractivity contribution in [2.24, 2.45) is 5.73 Å². The van der Waals surface area contributed by atoms with Crippen LogP contribution in [-0.4, -0.2) is 32.1 Å². The van der Waals surface area contributed by atoms with E-state index in [0.717, 1.165) is 31.6 Å². The van der Waals surface area contributed by atoms with E-state index in [2.05, 4.69) is 48.3 Å². The lowest BCUT2D eigenvalue weighted by Gasteiger charge is -2.22. The molecule has 0 saturated carbocycles. The van der Waals surface area contributed by atoms with Crippen LogP contribution in [0, 0.1) is 6.92 Å². The Hall–Kier alpha value is -1.55. The van der Waals surface area contributed by atoms with Crippen LogP contribution in [0.4, 0.5) is 5.69 Å². The summed E-state index contributed by atoms with van der Waals surface area (Å²) in [5.41, 5.74) is 7.81. The highest BCUT2D eigenvalue weighted by Crippen LogP contribution is 2.13. The van der Waals surface area contributed by atoms with E-state index in [0.29, 0.717) is 0 Å². The highest BCUT2D eigenvalue weighted by atomic mass is 16.1. The van der Waals surface area contributed by atoms with E-state index >= 15 is 0 Å². The third kappa shape index (κ3) is 5.30. The maximum absolute atomic E-state index is 11.3. The second kappa shape index (κ2) is 7.79. The standard InChI is InChI=1S/C15H25N3O/c1-4-10-17-14(15(16)19)9-11-18(3)13-7-5-12(2)6-8-13/h5-8,14,17H,4,9-11H2,1-3H3,(H2,16,19). The quantitative estimate of drug-likeness (QED) is 0.750. The van der Waals surface area contributed by atoms with Crippen molar-refractivity contribution >= 4 is 11.6 Å². The molecule has 1 amide bonds. The molecule has 0 spiro atoms. The van der Waals surface area contributed by atoms with E-state index in [4.69, 9.17) is 5.73 Å². The first-order chi connectivity index (χ1) is 9.04. The molecule has 3 N–H and O–H groups in total. The van der Waals surface area contributed by atoms with Gasteiger partial charge in [-0.1, -0.05) is 24.6 Å². The topological polar surface area (TPSA) is 58.4 Å². The maximum atomic E-state index is 11.3. The average molecular weight is 263 g/mol. The summed E-state index contributed by atoms with van der Waals surface area (Å²) in [5, 5.41) is 3.18. The number of nitrogens with two attached hydrogens (primary N) is 1. The molecule has 19 heavy (non-hydrogen) atoms. The number of amides is 1. The summed E-state index contributed by atoms with van der Waals surface area (Å²) in [6.45, 7) is 5.76. The van der Waals surface area contributed by atoms with Crippen molar-refractivity contribution in [2.75, 3.05) is 25.0 Å². The Balaban J connectivity index is 2.49. The minimum absolute atomic E-state index is 0.243. The monoisotopic (exact) mass is 263 g/mol.